The molecule has 0 fully saturated rings. The Hall–Kier alpha value is -1.02. The minimum atomic E-state index is 0.0854. The molecular weight excluding hydrogens is 210 g/mol. The van der Waals surface area contributed by atoms with Crippen molar-refractivity contribution in [3.05, 3.63) is 28.8 Å². The van der Waals surface area contributed by atoms with Crippen molar-refractivity contribution in [2.75, 3.05) is 13.7 Å². The molecule has 0 heterocycles. The quantitative estimate of drug-likeness (QED) is 0.872. The van der Waals surface area contributed by atoms with Crippen molar-refractivity contribution in [2.45, 2.75) is 46.0 Å². The Labute approximate surface area is 105 Å². The van der Waals surface area contributed by atoms with Crippen LogP contribution >= 0.6 is 0 Å². The molecule has 0 amide bonds. The number of rotatable bonds is 3. The van der Waals surface area contributed by atoms with Crippen molar-refractivity contribution >= 4 is 0 Å². The van der Waals surface area contributed by atoms with Gasteiger partial charge in [-0.25, -0.2) is 0 Å². The van der Waals surface area contributed by atoms with Gasteiger partial charge in [0, 0.05) is 5.56 Å². The zero-order valence-corrected chi connectivity index (χ0v) is 11.9. The van der Waals surface area contributed by atoms with E-state index in [9.17, 15) is 0 Å². The second-order valence-electron chi connectivity index (χ2n) is 5.76. The van der Waals surface area contributed by atoms with Gasteiger partial charge < -0.3 is 10.5 Å². The highest BCUT2D eigenvalue weighted by Crippen LogP contribution is 2.38. The number of aryl methyl sites for hydroxylation is 1. The molecule has 2 nitrogen and oxygen atoms in total. The Kier molecular flexibility index (Phi) is 4.21. The fourth-order valence-electron chi connectivity index (χ4n) is 2.24. The topological polar surface area (TPSA) is 35.2 Å². The van der Waals surface area contributed by atoms with Crippen LogP contribution in [0.1, 0.15) is 50.3 Å². The van der Waals surface area contributed by atoms with Gasteiger partial charge in [0.25, 0.3) is 0 Å². The van der Waals surface area contributed by atoms with E-state index in [0.717, 1.165) is 5.75 Å². The second kappa shape index (κ2) is 5.09. The van der Waals surface area contributed by atoms with Crippen molar-refractivity contribution in [3.63, 3.8) is 0 Å². The molecule has 1 unspecified atom stereocenters. The minimum Gasteiger partial charge on any atom is -0.496 e. The van der Waals surface area contributed by atoms with Crippen molar-refractivity contribution < 1.29 is 4.74 Å². The van der Waals surface area contributed by atoms with Crippen LogP contribution in [0.2, 0.25) is 0 Å². The van der Waals surface area contributed by atoms with E-state index in [0.29, 0.717) is 12.5 Å². The Morgan fingerprint density at radius 1 is 1.29 bits per heavy atom. The summed E-state index contributed by atoms with van der Waals surface area (Å²) in [5.74, 6) is 1.34. The van der Waals surface area contributed by atoms with Gasteiger partial charge in [0.2, 0.25) is 0 Å². The number of nitrogens with two attached hydrogens (primary N) is 1. The fourth-order valence-corrected chi connectivity index (χ4v) is 2.24. The molecule has 0 spiro atoms. The lowest BCUT2D eigenvalue weighted by Crippen LogP contribution is -2.17. The summed E-state index contributed by atoms with van der Waals surface area (Å²) in [4.78, 5) is 0. The molecule has 1 aromatic rings. The Bertz CT molecular complexity index is 391. The van der Waals surface area contributed by atoms with E-state index in [1.807, 2.05) is 0 Å². The molecule has 2 N–H and O–H groups in total. The Morgan fingerprint density at radius 3 is 2.29 bits per heavy atom. The molecule has 0 aliphatic carbocycles. The van der Waals surface area contributed by atoms with Gasteiger partial charge in [-0.15, -0.1) is 0 Å². The Morgan fingerprint density at radius 2 is 1.88 bits per heavy atom. The maximum absolute atomic E-state index is 5.80. The van der Waals surface area contributed by atoms with E-state index in [1.165, 1.54) is 16.7 Å². The molecule has 1 rings (SSSR count). The van der Waals surface area contributed by atoms with Crippen molar-refractivity contribution in [1.82, 2.24) is 0 Å². The second-order valence-corrected chi connectivity index (χ2v) is 5.76. The highest BCUT2D eigenvalue weighted by molar-refractivity contribution is 5.50. The third-order valence-electron chi connectivity index (χ3n) is 3.27. The molecule has 0 saturated carbocycles. The third-order valence-corrected chi connectivity index (χ3v) is 3.27. The highest BCUT2D eigenvalue weighted by atomic mass is 16.5. The molecule has 2 heteroatoms. The first-order chi connectivity index (χ1) is 7.82. The average Bonchev–Trinajstić information content (AvgIpc) is 2.25. The summed E-state index contributed by atoms with van der Waals surface area (Å²) in [5.41, 5.74) is 9.65. The van der Waals surface area contributed by atoms with Gasteiger partial charge in [-0.1, -0.05) is 39.8 Å². The van der Waals surface area contributed by atoms with Crippen LogP contribution in [-0.2, 0) is 5.41 Å². The van der Waals surface area contributed by atoms with Crippen molar-refractivity contribution in [2.24, 2.45) is 5.73 Å². The van der Waals surface area contributed by atoms with Crippen LogP contribution in [0, 0.1) is 6.92 Å². The molecule has 0 radical (unpaired) electrons. The lowest BCUT2D eigenvalue weighted by Gasteiger charge is -2.26. The van der Waals surface area contributed by atoms with E-state index < -0.39 is 0 Å². The number of ether oxygens (including phenoxy) is 1. The lowest BCUT2D eigenvalue weighted by molar-refractivity contribution is 0.389. The molecular formula is C15H25NO. The maximum atomic E-state index is 5.80. The van der Waals surface area contributed by atoms with Crippen molar-refractivity contribution in [1.29, 1.82) is 0 Å². The minimum absolute atomic E-state index is 0.0854. The van der Waals surface area contributed by atoms with Crippen LogP contribution in [-0.4, -0.2) is 13.7 Å². The predicted octanol–water partition coefficient (Wildman–Crippen LogP) is 3.36. The number of methoxy groups -OCH3 is 1. The van der Waals surface area contributed by atoms with E-state index in [1.54, 1.807) is 7.11 Å². The fraction of sp³-hybridized carbons (Fsp3) is 0.600. The van der Waals surface area contributed by atoms with E-state index >= 15 is 0 Å². The van der Waals surface area contributed by atoms with Crippen molar-refractivity contribution in [3.8, 4) is 5.75 Å². The molecule has 0 aliphatic heterocycles. The van der Waals surface area contributed by atoms with E-state index in [-0.39, 0.29) is 5.41 Å². The lowest BCUT2D eigenvalue weighted by atomic mass is 9.82. The summed E-state index contributed by atoms with van der Waals surface area (Å²) in [6, 6.07) is 4.34. The van der Waals surface area contributed by atoms with Crippen LogP contribution in [0.4, 0.5) is 0 Å². The van der Waals surface area contributed by atoms with Gasteiger partial charge in [0.15, 0.2) is 0 Å². The van der Waals surface area contributed by atoms with Crippen LogP contribution in [0.25, 0.3) is 0 Å². The average molecular weight is 235 g/mol. The monoisotopic (exact) mass is 235 g/mol. The first kappa shape index (κ1) is 14.0. The summed E-state index contributed by atoms with van der Waals surface area (Å²) in [5, 5.41) is 0. The Balaban J connectivity index is 3.47. The summed E-state index contributed by atoms with van der Waals surface area (Å²) in [6.07, 6.45) is 0. The molecule has 17 heavy (non-hydrogen) atoms. The summed E-state index contributed by atoms with van der Waals surface area (Å²) < 4.78 is 5.65. The van der Waals surface area contributed by atoms with Crippen LogP contribution < -0.4 is 10.5 Å². The third kappa shape index (κ3) is 2.81. The number of benzene rings is 1. The first-order valence-electron chi connectivity index (χ1n) is 6.21. The zero-order valence-electron chi connectivity index (χ0n) is 11.9. The molecule has 0 saturated heterocycles. The summed E-state index contributed by atoms with van der Waals surface area (Å²) >= 11 is 0. The van der Waals surface area contributed by atoms with Gasteiger partial charge in [-0.3, -0.25) is 0 Å². The van der Waals surface area contributed by atoms with Gasteiger partial charge in [0.1, 0.15) is 5.75 Å². The molecule has 0 bridgehead atoms. The zero-order chi connectivity index (χ0) is 13.2. The first-order valence-corrected chi connectivity index (χ1v) is 6.21. The van der Waals surface area contributed by atoms with Crippen LogP contribution in [0.15, 0.2) is 12.1 Å². The maximum Gasteiger partial charge on any atom is 0.126 e. The molecule has 0 aliphatic rings. The van der Waals surface area contributed by atoms with Gasteiger partial charge in [-0.05, 0) is 35.9 Å². The molecule has 1 atom stereocenters. The molecule has 1 aromatic carbocycles. The standard InChI is InChI=1S/C15H25NO/c1-10-7-8-12(15(3,4)5)14(17-6)13(10)11(2)9-16/h7-8,11H,9,16H2,1-6H3. The van der Waals surface area contributed by atoms with Crippen LogP contribution in [0.5, 0.6) is 5.75 Å². The van der Waals surface area contributed by atoms with Gasteiger partial charge in [0.05, 0.1) is 7.11 Å². The van der Waals surface area contributed by atoms with E-state index in [2.05, 4.69) is 46.8 Å². The van der Waals surface area contributed by atoms with Gasteiger partial charge >= 0.3 is 0 Å². The predicted molar refractivity (Wildman–Crippen MR) is 73.9 cm³/mol. The van der Waals surface area contributed by atoms with Gasteiger partial charge in [-0.2, -0.15) is 0 Å². The number of hydrogen-bond donors (Lipinski definition) is 1. The smallest absolute Gasteiger partial charge is 0.126 e. The normalized spacial score (nSPS) is 13.6. The largest absolute Gasteiger partial charge is 0.496 e. The number of hydrogen-bond acceptors (Lipinski definition) is 2. The molecule has 0 aromatic heterocycles. The van der Waals surface area contributed by atoms with Crippen LogP contribution in [0.3, 0.4) is 0 Å². The summed E-state index contributed by atoms with van der Waals surface area (Å²) in [7, 11) is 1.75. The van der Waals surface area contributed by atoms with E-state index in [4.69, 9.17) is 10.5 Å². The molecule has 96 valence electrons. The SMILES string of the molecule is COc1c(C(C)(C)C)ccc(C)c1C(C)CN. The highest BCUT2D eigenvalue weighted by Gasteiger charge is 2.23. The summed E-state index contributed by atoms with van der Waals surface area (Å²) in [6.45, 7) is 11.5.